The van der Waals surface area contributed by atoms with Crippen molar-refractivity contribution < 1.29 is 13.6 Å². The minimum atomic E-state index is -0.534. The number of nitrogens with one attached hydrogen (secondary N) is 1. The molecule has 0 aliphatic carbocycles. The summed E-state index contributed by atoms with van der Waals surface area (Å²) in [6.07, 6.45) is 0. The lowest BCUT2D eigenvalue weighted by molar-refractivity contribution is 0.102. The average molecular weight is 366 g/mol. The lowest BCUT2D eigenvalue weighted by Crippen LogP contribution is -2.12. The molecule has 0 spiro atoms. The van der Waals surface area contributed by atoms with Crippen LogP contribution in [-0.2, 0) is 0 Å². The molecule has 1 aromatic carbocycles. The van der Waals surface area contributed by atoms with Gasteiger partial charge in [-0.1, -0.05) is 25.4 Å². The third kappa shape index (κ3) is 3.32. The van der Waals surface area contributed by atoms with Gasteiger partial charge in [0.05, 0.1) is 16.3 Å². The molecular weight excluding hydrogens is 353 g/mol. The molecule has 0 radical (unpaired) electrons. The molecule has 0 unspecified atom stereocenters. The largest absolute Gasteiger partial charge is 0.420 e. The molecule has 3 aromatic rings. The first-order chi connectivity index (χ1) is 11.5. The molecule has 0 saturated heterocycles. The summed E-state index contributed by atoms with van der Waals surface area (Å²) in [4.78, 5) is 13.0. The standard InChI is InChI=1S/C16H13ClFN3O2S/c1-8(2)15-20-21-16(23-15)13-12(5-6-24-13)19-14(22)10-7-9(18)3-4-11(10)17/h3-8H,1-2H3,(H,19,22). The molecule has 0 aliphatic rings. The van der Waals surface area contributed by atoms with Crippen LogP contribution in [0.15, 0.2) is 34.1 Å². The molecule has 5 nitrogen and oxygen atoms in total. The summed E-state index contributed by atoms with van der Waals surface area (Å²) in [5.41, 5.74) is 0.562. The normalized spacial score (nSPS) is 11.0. The van der Waals surface area contributed by atoms with Crippen LogP contribution in [0.5, 0.6) is 0 Å². The Morgan fingerprint density at radius 2 is 2.12 bits per heavy atom. The lowest BCUT2D eigenvalue weighted by atomic mass is 10.2. The van der Waals surface area contributed by atoms with Crippen LogP contribution in [-0.4, -0.2) is 16.1 Å². The van der Waals surface area contributed by atoms with E-state index in [-0.39, 0.29) is 16.5 Å². The monoisotopic (exact) mass is 365 g/mol. The maximum Gasteiger partial charge on any atom is 0.259 e. The SMILES string of the molecule is CC(C)c1nnc(-c2sccc2NC(=O)c2cc(F)ccc2Cl)o1. The van der Waals surface area contributed by atoms with E-state index < -0.39 is 11.7 Å². The Labute approximate surface area is 146 Å². The summed E-state index contributed by atoms with van der Waals surface area (Å²) >= 11 is 7.31. The van der Waals surface area contributed by atoms with Gasteiger partial charge in [0.1, 0.15) is 10.7 Å². The summed E-state index contributed by atoms with van der Waals surface area (Å²) in [6, 6.07) is 5.34. The van der Waals surface area contributed by atoms with Crippen LogP contribution in [0.3, 0.4) is 0 Å². The number of amides is 1. The summed E-state index contributed by atoms with van der Waals surface area (Å²) in [5, 5.41) is 12.7. The first-order valence-electron chi connectivity index (χ1n) is 7.13. The first-order valence-corrected chi connectivity index (χ1v) is 8.39. The molecule has 124 valence electrons. The third-order valence-electron chi connectivity index (χ3n) is 3.22. The summed E-state index contributed by atoms with van der Waals surface area (Å²) < 4.78 is 19.0. The van der Waals surface area contributed by atoms with Gasteiger partial charge >= 0.3 is 0 Å². The summed E-state index contributed by atoms with van der Waals surface area (Å²) in [7, 11) is 0. The van der Waals surface area contributed by atoms with Gasteiger partial charge in [-0.15, -0.1) is 21.5 Å². The number of halogens is 2. The predicted octanol–water partition coefficient (Wildman–Crippen LogP) is 4.97. The highest BCUT2D eigenvalue weighted by Crippen LogP contribution is 2.34. The maximum absolute atomic E-state index is 13.3. The maximum atomic E-state index is 13.3. The van der Waals surface area contributed by atoms with Crippen LogP contribution in [0.1, 0.15) is 36.0 Å². The Kier molecular flexibility index (Phi) is 4.64. The number of hydrogen-bond donors (Lipinski definition) is 1. The highest BCUT2D eigenvalue weighted by Gasteiger charge is 2.19. The molecule has 3 rings (SSSR count). The van der Waals surface area contributed by atoms with Gasteiger partial charge < -0.3 is 9.73 Å². The molecule has 0 bridgehead atoms. The molecule has 2 aromatic heterocycles. The zero-order valence-electron chi connectivity index (χ0n) is 12.8. The Balaban J connectivity index is 1.87. The zero-order valence-corrected chi connectivity index (χ0v) is 14.4. The molecule has 0 fully saturated rings. The topological polar surface area (TPSA) is 68.0 Å². The smallest absolute Gasteiger partial charge is 0.259 e. The van der Waals surface area contributed by atoms with Gasteiger partial charge in [-0.05, 0) is 29.6 Å². The van der Waals surface area contributed by atoms with E-state index >= 15 is 0 Å². The van der Waals surface area contributed by atoms with Crippen LogP contribution < -0.4 is 5.32 Å². The number of anilines is 1. The first kappa shape index (κ1) is 16.6. The van der Waals surface area contributed by atoms with Crippen molar-refractivity contribution in [3.05, 3.63) is 51.9 Å². The number of benzene rings is 1. The highest BCUT2D eigenvalue weighted by atomic mass is 35.5. The number of hydrogen-bond acceptors (Lipinski definition) is 5. The number of rotatable bonds is 4. The zero-order chi connectivity index (χ0) is 17.3. The second-order valence-electron chi connectivity index (χ2n) is 5.34. The van der Waals surface area contributed by atoms with Crippen LogP contribution in [0.2, 0.25) is 5.02 Å². The van der Waals surface area contributed by atoms with E-state index in [1.807, 2.05) is 13.8 Å². The fourth-order valence-corrected chi connectivity index (χ4v) is 2.97. The fraction of sp³-hybridized carbons (Fsp3) is 0.188. The van der Waals surface area contributed by atoms with Crippen molar-refractivity contribution in [3.63, 3.8) is 0 Å². The van der Waals surface area contributed by atoms with E-state index in [1.54, 1.807) is 11.4 Å². The van der Waals surface area contributed by atoms with Crippen molar-refractivity contribution in [1.29, 1.82) is 0 Å². The molecule has 0 atom stereocenters. The van der Waals surface area contributed by atoms with Crippen molar-refractivity contribution in [3.8, 4) is 10.8 Å². The third-order valence-corrected chi connectivity index (χ3v) is 4.45. The van der Waals surface area contributed by atoms with Crippen molar-refractivity contribution in [2.75, 3.05) is 5.32 Å². The second kappa shape index (κ2) is 6.70. The Hall–Kier alpha value is -2.25. The number of nitrogens with zero attached hydrogens (tertiary/aromatic N) is 2. The van der Waals surface area contributed by atoms with E-state index in [0.717, 1.165) is 6.07 Å². The highest BCUT2D eigenvalue weighted by molar-refractivity contribution is 7.14. The van der Waals surface area contributed by atoms with Crippen LogP contribution in [0.25, 0.3) is 10.8 Å². The van der Waals surface area contributed by atoms with Crippen LogP contribution in [0.4, 0.5) is 10.1 Å². The van der Waals surface area contributed by atoms with Crippen molar-refractivity contribution >= 4 is 34.5 Å². The van der Waals surface area contributed by atoms with Crippen molar-refractivity contribution in [2.24, 2.45) is 0 Å². The van der Waals surface area contributed by atoms with Crippen LogP contribution >= 0.6 is 22.9 Å². The molecule has 1 amide bonds. The average Bonchev–Trinajstić information content (AvgIpc) is 3.18. The van der Waals surface area contributed by atoms with E-state index in [1.165, 1.54) is 23.5 Å². The van der Waals surface area contributed by atoms with Gasteiger partial charge in [0.25, 0.3) is 11.8 Å². The fourth-order valence-electron chi connectivity index (χ4n) is 1.99. The van der Waals surface area contributed by atoms with Crippen molar-refractivity contribution in [2.45, 2.75) is 19.8 Å². The van der Waals surface area contributed by atoms with Gasteiger partial charge in [-0.3, -0.25) is 4.79 Å². The van der Waals surface area contributed by atoms with E-state index in [9.17, 15) is 9.18 Å². The number of carbonyl (C=O) groups excluding carboxylic acids is 1. The lowest BCUT2D eigenvalue weighted by Gasteiger charge is -2.06. The molecule has 8 heteroatoms. The van der Waals surface area contributed by atoms with Gasteiger partial charge in [-0.25, -0.2) is 4.39 Å². The second-order valence-corrected chi connectivity index (χ2v) is 6.67. The molecule has 24 heavy (non-hydrogen) atoms. The summed E-state index contributed by atoms with van der Waals surface area (Å²) in [5.74, 6) is -0.0927. The predicted molar refractivity (Wildman–Crippen MR) is 91.1 cm³/mol. The van der Waals surface area contributed by atoms with E-state index in [4.69, 9.17) is 16.0 Å². The van der Waals surface area contributed by atoms with E-state index in [2.05, 4.69) is 15.5 Å². The van der Waals surface area contributed by atoms with E-state index in [0.29, 0.717) is 22.3 Å². The molecule has 2 heterocycles. The summed E-state index contributed by atoms with van der Waals surface area (Å²) in [6.45, 7) is 3.89. The number of carbonyl (C=O) groups is 1. The van der Waals surface area contributed by atoms with Crippen molar-refractivity contribution in [1.82, 2.24) is 10.2 Å². The minimum absolute atomic E-state index is 0.0576. The molecule has 0 saturated carbocycles. The van der Waals surface area contributed by atoms with Crippen LogP contribution in [0, 0.1) is 5.82 Å². The van der Waals surface area contributed by atoms with Gasteiger partial charge in [0.15, 0.2) is 0 Å². The van der Waals surface area contributed by atoms with Gasteiger partial charge in [-0.2, -0.15) is 0 Å². The molecular formula is C16H13ClFN3O2S. The number of aromatic nitrogens is 2. The number of thiophene rings is 1. The Morgan fingerprint density at radius 3 is 2.83 bits per heavy atom. The quantitative estimate of drug-likeness (QED) is 0.709. The molecule has 1 N–H and O–H groups in total. The Bertz CT molecular complexity index is 891. The van der Waals surface area contributed by atoms with Gasteiger partial charge in [0.2, 0.25) is 5.89 Å². The van der Waals surface area contributed by atoms with Gasteiger partial charge in [0, 0.05) is 5.92 Å². The Morgan fingerprint density at radius 1 is 1.33 bits per heavy atom. The minimum Gasteiger partial charge on any atom is -0.420 e. The molecule has 0 aliphatic heterocycles.